The summed E-state index contributed by atoms with van der Waals surface area (Å²) in [5.41, 5.74) is 2.80. The number of hydrogen-bond acceptors (Lipinski definition) is 6. The number of amides is 1. The molecule has 1 amide bonds. The number of benzene rings is 1. The Kier molecular flexibility index (Phi) is 6.13. The standard InChI is InChI=1S/C22H27N5O3/c1-29-12-10-20(28)27-11-9-16(14-27)18-8-7-17-21(25-26-22(17)24-18)23-13-15-5-3-4-6-19(15)30-2/h3-8,16H,9-14H2,1-2H3,(H2,23,24,25,26). The van der Waals surface area contributed by atoms with Gasteiger partial charge < -0.3 is 19.7 Å². The van der Waals surface area contributed by atoms with E-state index in [2.05, 4.69) is 15.5 Å². The van der Waals surface area contributed by atoms with Gasteiger partial charge in [-0.25, -0.2) is 4.98 Å². The van der Waals surface area contributed by atoms with Crippen LogP contribution in [-0.4, -0.2) is 59.9 Å². The van der Waals surface area contributed by atoms with Crippen molar-refractivity contribution in [2.45, 2.75) is 25.3 Å². The molecule has 0 saturated carbocycles. The molecule has 0 radical (unpaired) electrons. The van der Waals surface area contributed by atoms with Crippen molar-refractivity contribution >= 4 is 22.8 Å². The molecule has 1 aromatic carbocycles. The van der Waals surface area contributed by atoms with Crippen LogP contribution in [0.2, 0.25) is 0 Å². The van der Waals surface area contributed by atoms with Crippen molar-refractivity contribution in [3.8, 4) is 5.75 Å². The van der Waals surface area contributed by atoms with Crippen LogP contribution in [0.1, 0.15) is 30.0 Å². The number of H-pyrrole nitrogens is 1. The molecule has 1 fully saturated rings. The van der Waals surface area contributed by atoms with E-state index in [-0.39, 0.29) is 11.8 Å². The van der Waals surface area contributed by atoms with Crippen molar-refractivity contribution in [1.82, 2.24) is 20.1 Å². The zero-order chi connectivity index (χ0) is 20.9. The molecular formula is C22H27N5O3. The third-order valence-corrected chi connectivity index (χ3v) is 5.56. The molecule has 2 N–H and O–H groups in total. The Balaban J connectivity index is 1.43. The van der Waals surface area contributed by atoms with E-state index in [0.717, 1.165) is 46.8 Å². The lowest BCUT2D eigenvalue weighted by Gasteiger charge is -2.16. The fraction of sp³-hybridized carbons (Fsp3) is 0.409. The minimum atomic E-state index is 0.143. The highest BCUT2D eigenvalue weighted by molar-refractivity contribution is 5.87. The normalized spacial score (nSPS) is 16.2. The van der Waals surface area contributed by atoms with Crippen LogP contribution in [0.25, 0.3) is 11.0 Å². The largest absolute Gasteiger partial charge is 0.496 e. The minimum Gasteiger partial charge on any atom is -0.496 e. The van der Waals surface area contributed by atoms with Crippen molar-refractivity contribution in [2.75, 3.05) is 39.2 Å². The number of ether oxygens (including phenoxy) is 2. The first kappa shape index (κ1) is 20.2. The Morgan fingerprint density at radius 2 is 2.13 bits per heavy atom. The molecule has 2 aromatic heterocycles. The van der Waals surface area contributed by atoms with Crippen LogP contribution in [0.15, 0.2) is 36.4 Å². The van der Waals surface area contributed by atoms with Gasteiger partial charge in [0, 0.05) is 43.9 Å². The van der Waals surface area contributed by atoms with Crippen molar-refractivity contribution in [1.29, 1.82) is 0 Å². The molecule has 8 nitrogen and oxygen atoms in total. The van der Waals surface area contributed by atoms with Gasteiger partial charge in [0.1, 0.15) is 5.75 Å². The number of aromatic nitrogens is 3. The fourth-order valence-corrected chi connectivity index (χ4v) is 3.89. The van der Waals surface area contributed by atoms with Gasteiger partial charge in [-0.2, -0.15) is 5.10 Å². The smallest absolute Gasteiger partial charge is 0.224 e. The Labute approximate surface area is 175 Å². The topological polar surface area (TPSA) is 92.4 Å². The first-order chi connectivity index (χ1) is 14.7. The Morgan fingerprint density at radius 3 is 2.97 bits per heavy atom. The molecule has 1 unspecified atom stereocenters. The summed E-state index contributed by atoms with van der Waals surface area (Å²) in [4.78, 5) is 18.9. The maximum atomic E-state index is 12.2. The minimum absolute atomic E-state index is 0.143. The molecule has 4 rings (SSSR count). The summed E-state index contributed by atoms with van der Waals surface area (Å²) in [6, 6.07) is 12.0. The van der Waals surface area contributed by atoms with Gasteiger partial charge >= 0.3 is 0 Å². The average Bonchev–Trinajstić information content (AvgIpc) is 3.43. The maximum Gasteiger partial charge on any atom is 0.224 e. The highest BCUT2D eigenvalue weighted by Gasteiger charge is 2.28. The Hall–Kier alpha value is -3.13. The summed E-state index contributed by atoms with van der Waals surface area (Å²) in [6.07, 6.45) is 1.35. The quantitative estimate of drug-likeness (QED) is 0.594. The SMILES string of the molecule is COCCC(=O)N1CCC(c2ccc3c(NCc4ccccc4OC)n[nH]c3n2)C1. The number of nitrogens with one attached hydrogen (secondary N) is 2. The van der Waals surface area contributed by atoms with E-state index in [0.29, 0.717) is 26.1 Å². The summed E-state index contributed by atoms with van der Waals surface area (Å²) >= 11 is 0. The van der Waals surface area contributed by atoms with Gasteiger partial charge in [0.05, 0.1) is 25.5 Å². The molecule has 0 bridgehead atoms. The molecule has 158 valence electrons. The number of para-hydroxylation sites is 1. The van der Waals surface area contributed by atoms with E-state index in [1.54, 1.807) is 14.2 Å². The predicted octanol–water partition coefficient (Wildman–Crippen LogP) is 2.93. The van der Waals surface area contributed by atoms with Crippen LogP contribution >= 0.6 is 0 Å². The van der Waals surface area contributed by atoms with Crippen LogP contribution in [0.5, 0.6) is 5.75 Å². The van der Waals surface area contributed by atoms with Crippen LogP contribution in [0.4, 0.5) is 5.82 Å². The third-order valence-electron chi connectivity index (χ3n) is 5.56. The second kappa shape index (κ2) is 9.13. The molecule has 0 spiro atoms. The van der Waals surface area contributed by atoms with Gasteiger partial charge in [0.2, 0.25) is 5.91 Å². The number of carbonyl (C=O) groups is 1. The summed E-state index contributed by atoms with van der Waals surface area (Å²) in [6.45, 7) is 2.53. The number of methoxy groups -OCH3 is 2. The van der Waals surface area contributed by atoms with E-state index < -0.39 is 0 Å². The summed E-state index contributed by atoms with van der Waals surface area (Å²) < 4.78 is 10.4. The van der Waals surface area contributed by atoms with Gasteiger partial charge in [-0.1, -0.05) is 18.2 Å². The second-order valence-corrected chi connectivity index (χ2v) is 7.44. The number of rotatable bonds is 8. The number of likely N-dealkylation sites (tertiary alicyclic amines) is 1. The van der Waals surface area contributed by atoms with Gasteiger partial charge in [-0.15, -0.1) is 0 Å². The lowest BCUT2D eigenvalue weighted by atomic mass is 10.0. The zero-order valence-corrected chi connectivity index (χ0v) is 17.4. The van der Waals surface area contributed by atoms with Gasteiger partial charge in [-0.05, 0) is 24.6 Å². The summed E-state index contributed by atoms with van der Waals surface area (Å²) in [7, 11) is 3.28. The molecule has 30 heavy (non-hydrogen) atoms. The number of aromatic amines is 1. The fourth-order valence-electron chi connectivity index (χ4n) is 3.89. The zero-order valence-electron chi connectivity index (χ0n) is 17.4. The maximum absolute atomic E-state index is 12.2. The molecule has 8 heteroatoms. The molecule has 0 aliphatic carbocycles. The first-order valence-electron chi connectivity index (χ1n) is 10.2. The van der Waals surface area contributed by atoms with Crippen molar-refractivity contribution in [2.24, 2.45) is 0 Å². The van der Waals surface area contributed by atoms with Crippen LogP contribution in [0, 0.1) is 0 Å². The molecule has 3 aromatic rings. The van der Waals surface area contributed by atoms with Gasteiger partial charge in [0.15, 0.2) is 11.5 Å². The number of fused-ring (bicyclic) bond motifs is 1. The Morgan fingerprint density at radius 1 is 1.27 bits per heavy atom. The van der Waals surface area contributed by atoms with Crippen molar-refractivity contribution in [3.05, 3.63) is 47.7 Å². The van der Waals surface area contributed by atoms with Crippen LogP contribution in [-0.2, 0) is 16.1 Å². The van der Waals surface area contributed by atoms with Crippen molar-refractivity contribution < 1.29 is 14.3 Å². The molecule has 1 atom stereocenters. The Bertz CT molecular complexity index is 1020. The van der Waals surface area contributed by atoms with Crippen molar-refractivity contribution in [3.63, 3.8) is 0 Å². The van der Waals surface area contributed by atoms with E-state index in [9.17, 15) is 4.79 Å². The van der Waals surface area contributed by atoms with Gasteiger partial charge in [0.25, 0.3) is 0 Å². The highest BCUT2D eigenvalue weighted by atomic mass is 16.5. The van der Waals surface area contributed by atoms with E-state index in [1.165, 1.54) is 0 Å². The molecule has 1 aliphatic heterocycles. The molecule has 1 aliphatic rings. The first-order valence-corrected chi connectivity index (χ1v) is 10.2. The summed E-state index contributed by atoms with van der Waals surface area (Å²) in [5.74, 6) is 1.99. The number of nitrogens with zero attached hydrogens (tertiary/aromatic N) is 3. The monoisotopic (exact) mass is 409 g/mol. The number of hydrogen-bond donors (Lipinski definition) is 2. The summed E-state index contributed by atoms with van der Waals surface area (Å²) in [5, 5.41) is 11.7. The average molecular weight is 409 g/mol. The number of pyridine rings is 1. The van der Waals surface area contributed by atoms with Gasteiger partial charge in [-0.3, -0.25) is 9.89 Å². The van der Waals surface area contributed by atoms with E-state index >= 15 is 0 Å². The number of anilines is 1. The predicted molar refractivity (Wildman–Crippen MR) is 115 cm³/mol. The molecule has 1 saturated heterocycles. The molecular weight excluding hydrogens is 382 g/mol. The molecule has 3 heterocycles. The lowest BCUT2D eigenvalue weighted by molar-refractivity contribution is -0.131. The second-order valence-electron chi connectivity index (χ2n) is 7.44. The number of carbonyl (C=O) groups excluding carboxylic acids is 1. The lowest BCUT2D eigenvalue weighted by Crippen LogP contribution is -2.29. The van der Waals surface area contributed by atoms with Crippen LogP contribution in [0.3, 0.4) is 0 Å². The highest BCUT2D eigenvalue weighted by Crippen LogP contribution is 2.29. The van der Waals surface area contributed by atoms with E-state index in [1.807, 2.05) is 41.3 Å². The van der Waals surface area contributed by atoms with Crippen LogP contribution < -0.4 is 10.1 Å². The third kappa shape index (κ3) is 4.23. The van der Waals surface area contributed by atoms with E-state index in [4.69, 9.17) is 14.5 Å².